The standard InChI is InChI=1S/C16H18N2O2/c1-11-17-15-6-4-3-5-14(15)16(19)18(11)12-7-9-13(20-2)10-8-12/h3-4,7-10,14-15H,5-6H2,1-2H3/t14-,15+/m0/s1. The lowest BCUT2D eigenvalue weighted by Gasteiger charge is -2.36. The number of anilines is 1. The molecule has 0 saturated carbocycles. The number of amidine groups is 1. The van der Waals surface area contributed by atoms with Crippen LogP contribution in [0.5, 0.6) is 5.75 Å². The van der Waals surface area contributed by atoms with Gasteiger partial charge in [0.15, 0.2) is 0 Å². The van der Waals surface area contributed by atoms with Crippen LogP contribution in [0.4, 0.5) is 5.69 Å². The molecule has 4 nitrogen and oxygen atoms in total. The summed E-state index contributed by atoms with van der Waals surface area (Å²) in [5.41, 5.74) is 0.852. The van der Waals surface area contributed by atoms with Crippen LogP contribution >= 0.6 is 0 Å². The molecule has 1 aliphatic carbocycles. The first-order valence-electron chi connectivity index (χ1n) is 6.88. The first-order chi connectivity index (χ1) is 9.70. The van der Waals surface area contributed by atoms with Gasteiger partial charge in [0, 0.05) is 0 Å². The predicted molar refractivity (Wildman–Crippen MR) is 79.2 cm³/mol. The number of allylic oxidation sites excluding steroid dienone is 1. The van der Waals surface area contributed by atoms with Gasteiger partial charge in [-0.25, -0.2) is 0 Å². The van der Waals surface area contributed by atoms with E-state index in [9.17, 15) is 4.79 Å². The number of amides is 1. The van der Waals surface area contributed by atoms with E-state index in [1.165, 1.54) is 0 Å². The van der Waals surface area contributed by atoms with Gasteiger partial charge in [-0.15, -0.1) is 0 Å². The van der Waals surface area contributed by atoms with Crippen molar-refractivity contribution in [3.05, 3.63) is 36.4 Å². The summed E-state index contributed by atoms with van der Waals surface area (Å²) < 4.78 is 5.15. The Hall–Kier alpha value is -2.10. The average molecular weight is 270 g/mol. The second kappa shape index (κ2) is 5.12. The summed E-state index contributed by atoms with van der Waals surface area (Å²) in [6.07, 6.45) is 5.85. The quantitative estimate of drug-likeness (QED) is 0.775. The minimum atomic E-state index is -0.0224. The molecule has 0 aromatic heterocycles. The van der Waals surface area contributed by atoms with E-state index < -0.39 is 0 Å². The van der Waals surface area contributed by atoms with Crippen LogP contribution in [-0.2, 0) is 4.79 Å². The third-order valence-corrected chi connectivity index (χ3v) is 3.94. The fourth-order valence-electron chi connectivity index (χ4n) is 2.88. The summed E-state index contributed by atoms with van der Waals surface area (Å²) in [7, 11) is 1.63. The molecule has 0 radical (unpaired) electrons. The number of nitrogens with zero attached hydrogens (tertiary/aromatic N) is 2. The molecule has 2 aliphatic rings. The predicted octanol–water partition coefficient (Wildman–Crippen LogP) is 2.80. The van der Waals surface area contributed by atoms with Crippen LogP contribution in [0.3, 0.4) is 0 Å². The Morgan fingerprint density at radius 2 is 1.90 bits per heavy atom. The van der Waals surface area contributed by atoms with Crippen LogP contribution in [-0.4, -0.2) is 24.9 Å². The van der Waals surface area contributed by atoms with Gasteiger partial charge in [0.05, 0.1) is 24.8 Å². The van der Waals surface area contributed by atoms with Gasteiger partial charge in [0.2, 0.25) is 5.91 Å². The number of ether oxygens (including phenoxy) is 1. The fourth-order valence-corrected chi connectivity index (χ4v) is 2.88. The van der Waals surface area contributed by atoms with Crippen LogP contribution in [0, 0.1) is 5.92 Å². The van der Waals surface area contributed by atoms with Gasteiger partial charge >= 0.3 is 0 Å². The monoisotopic (exact) mass is 270 g/mol. The second-order valence-electron chi connectivity index (χ2n) is 5.16. The number of aliphatic imine (C=N–C) groups is 1. The van der Waals surface area contributed by atoms with E-state index in [2.05, 4.69) is 12.2 Å². The van der Waals surface area contributed by atoms with Gasteiger partial charge in [0.25, 0.3) is 0 Å². The molecular formula is C16H18N2O2. The molecule has 4 heteroatoms. The number of hydrogen-bond acceptors (Lipinski definition) is 3. The highest BCUT2D eigenvalue weighted by Crippen LogP contribution is 2.31. The molecule has 0 saturated heterocycles. The van der Waals surface area contributed by atoms with Crippen LogP contribution in [0.2, 0.25) is 0 Å². The number of fused-ring (bicyclic) bond motifs is 1. The van der Waals surface area contributed by atoms with Gasteiger partial charge < -0.3 is 4.74 Å². The van der Waals surface area contributed by atoms with Gasteiger partial charge in [-0.3, -0.25) is 14.7 Å². The Morgan fingerprint density at radius 3 is 2.60 bits per heavy atom. The minimum Gasteiger partial charge on any atom is -0.497 e. The molecule has 1 heterocycles. The minimum absolute atomic E-state index is 0.0224. The van der Waals surface area contributed by atoms with Crippen molar-refractivity contribution in [3.8, 4) is 5.75 Å². The summed E-state index contributed by atoms with van der Waals surface area (Å²) in [5, 5.41) is 0. The van der Waals surface area contributed by atoms with E-state index in [0.717, 1.165) is 30.1 Å². The van der Waals surface area contributed by atoms with E-state index in [1.54, 1.807) is 12.0 Å². The smallest absolute Gasteiger partial charge is 0.238 e. The Kier molecular flexibility index (Phi) is 3.30. The summed E-state index contributed by atoms with van der Waals surface area (Å²) in [4.78, 5) is 19.1. The van der Waals surface area contributed by atoms with Crippen molar-refractivity contribution < 1.29 is 9.53 Å². The van der Waals surface area contributed by atoms with Gasteiger partial charge in [0.1, 0.15) is 11.6 Å². The van der Waals surface area contributed by atoms with Gasteiger partial charge in [-0.2, -0.15) is 0 Å². The molecule has 0 spiro atoms. The number of hydrogen-bond donors (Lipinski definition) is 0. The van der Waals surface area contributed by atoms with Crippen molar-refractivity contribution >= 4 is 17.4 Å². The molecule has 0 N–H and O–H groups in total. The normalized spacial score (nSPS) is 25.2. The fraction of sp³-hybridized carbons (Fsp3) is 0.375. The van der Waals surface area contributed by atoms with Crippen molar-refractivity contribution in [2.24, 2.45) is 10.9 Å². The molecule has 20 heavy (non-hydrogen) atoms. The lowest BCUT2D eigenvalue weighted by molar-refractivity contribution is -0.122. The molecule has 1 amide bonds. The number of benzene rings is 1. The van der Waals surface area contributed by atoms with Crippen LogP contribution in [0.25, 0.3) is 0 Å². The molecule has 1 aromatic rings. The summed E-state index contributed by atoms with van der Waals surface area (Å²) in [6, 6.07) is 7.64. The maximum Gasteiger partial charge on any atom is 0.238 e. The number of methoxy groups -OCH3 is 1. The average Bonchev–Trinajstić information content (AvgIpc) is 2.48. The molecule has 104 valence electrons. The summed E-state index contributed by atoms with van der Waals surface area (Å²) in [5.74, 6) is 1.69. The highest BCUT2D eigenvalue weighted by atomic mass is 16.5. The van der Waals surface area contributed by atoms with Crippen LogP contribution < -0.4 is 9.64 Å². The molecule has 1 aliphatic heterocycles. The first kappa shape index (κ1) is 12.9. The van der Waals surface area contributed by atoms with E-state index in [-0.39, 0.29) is 17.9 Å². The number of carbonyl (C=O) groups is 1. The van der Waals surface area contributed by atoms with E-state index in [1.807, 2.05) is 31.2 Å². The highest BCUT2D eigenvalue weighted by Gasteiger charge is 2.37. The lowest BCUT2D eigenvalue weighted by atomic mass is 9.86. The highest BCUT2D eigenvalue weighted by molar-refractivity contribution is 6.18. The van der Waals surface area contributed by atoms with Crippen molar-refractivity contribution in [3.63, 3.8) is 0 Å². The van der Waals surface area contributed by atoms with E-state index in [0.29, 0.717) is 0 Å². The number of rotatable bonds is 2. The van der Waals surface area contributed by atoms with E-state index >= 15 is 0 Å². The maximum absolute atomic E-state index is 12.7. The first-order valence-corrected chi connectivity index (χ1v) is 6.88. The molecule has 0 fully saturated rings. The zero-order chi connectivity index (χ0) is 14.1. The third-order valence-electron chi connectivity index (χ3n) is 3.94. The Bertz CT molecular complexity index is 575. The van der Waals surface area contributed by atoms with Crippen molar-refractivity contribution in [1.29, 1.82) is 0 Å². The number of carbonyl (C=O) groups excluding carboxylic acids is 1. The molecule has 0 unspecified atom stereocenters. The second-order valence-corrected chi connectivity index (χ2v) is 5.16. The zero-order valence-corrected chi connectivity index (χ0v) is 11.7. The van der Waals surface area contributed by atoms with Crippen LogP contribution in [0.1, 0.15) is 19.8 Å². The van der Waals surface area contributed by atoms with Crippen molar-refractivity contribution in [2.75, 3.05) is 12.0 Å². The van der Waals surface area contributed by atoms with Crippen molar-refractivity contribution in [1.82, 2.24) is 0 Å². The topological polar surface area (TPSA) is 41.9 Å². The summed E-state index contributed by atoms with van der Waals surface area (Å²) >= 11 is 0. The zero-order valence-electron chi connectivity index (χ0n) is 11.7. The van der Waals surface area contributed by atoms with Crippen LogP contribution in [0.15, 0.2) is 41.4 Å². The lowest BCUT2D eigenvalue weighted by Crippen LogP contribution is -2.48. The largest absolute Gasteiger partial charge is 0.497 e. The summed E-state index contributed by atoms with van der Waals surface area (Å²) in [6.45, 7) is 1.90. The SMILES string of the molecule is COc1ccc(N2C(=O)[C@H]3CC=CC[C@H]3N=C2C)cc1. The molecule has 3 rings (SSSR count). The molecule has 0 bridgehead atoms. The molecule has 1 aromatic carbocycles. The van der Waals surface area contributed by atoms with E-state index in [4.69, 9.17) is 9.73 Å². The third kappa shape index (κ3) is 2.11. The molecule has 2 atom stereocenters. The van der Waals surface area contributed by atoms with Crippen molar-refractivity contribution in [2.45, 2.75) is 25.8 Å². The maximum atomic E-state index is 12.7. The van der Waals surface area contributed by atoms with Gasteiger partial charge in [-0.1, -0.05) is 12.2 Å². The molecular weight excluding hydrogens is 252 g/mol. The Morgan fingerprint density at radius 1 is 1.20 bits per heavy atom. The Balaban J connectivity index is 1.94. The Labute approximate surface area is 118 Å². The van der Waals surface area contributed by atoms with Gasteiger partial charge in [-0.05, 0) is 44.0 Å².